The van der Waals surface area contributed by atoms with Gasteiger partial charge in [0.15, 0.2) is 5.13 Å². The molecule has 1 aromatic heterocycles. The van der Waals surface area contributed by atoms with Gasteiger partial charge in [-0.25, -0.2) is 14.6 Å². The molecule has 0 radical (unpaired) electrons. The summed E-state index contributed by atoms with van der Waals surface area (Å²) in [6.45, 7) is 4.94. The molecule has 156 valence electrons. The van der Waals surface area contributed by atoms with Gasteiger partial charge in [-0.1, -0.05) is 23.4 Å². The molecule has 10 heteroatoms. The second-order valence-electron chi connectivity index (χ2n) is 6.67. The van der Waals surface area contributed by atoms with Crippen molar-refractivity contribution in [3.63, 3.8) is 0 Å². The Balaban J connectivity index is 1.92. The van der Waals surface area contributed by atoms with Crippen LogP contribution in [0.5, 0.6) is 0 Å². The molecule has 29 heavy (non-hydrogen) atoms. The summed E-state index contributed by atoms with van der Waals surface area (Å²) in [5, 5.41) is 5.57. The highest BCUT2D eigenvalue weighted by atomic mass is 32.2. The van der Waals surface area contributed by atoms with E-state index in [1.807, 2.05) is 30.3 Å². The average molecular weight is 438 g/mol. The topological polar surface area (TPSA) is 113 Å². The lowest BCUT2D eigenvalue weighted by Crippen LogP contribution is -2.26. The monoisotopic (exact) mass is 437 g/mol. The first kappa shape index (κ1) is 22.7. The number of nitrogens with zero attached hydrogens (tertiary/aromatic N) is 2. The molecule has 0 aliphatic rings. The van der Waals surface area contributed by atoms with Gasteiger partial charge in [-0.15, -0.1) is 23.1 Å². The summed E-state index contributed by atoms with van der Waals surface area (Å²) in [6.07, 6.45) is 0. The zero-order valence-electron chi connectivity index (χ0n) is 16.4. The summed E-state index contributed by atoms with van der Waals surface area (Å²) in [6, 6.07) is 9.76. The predicted octanol–water partition coefficient (Wildman–Crippen LogP) is 3.12. The van der Waals surface area contributed by atoms with E-state index in [-0.39, 0.29) is 23.1 Å². The highest BCUT2D eigenvalue weighted by molar-refractivity contribution is 7.99. The van der Waals surface area contributed by atoms with E-state index in [2.05, 4.69) is 10.1 Å². The molecule has 0 saturated carbocycles. The molecule has 0 unspecified atom stereocenters. The number of anilines is 1. The van der Waals surface area contributed by atoms with E-state index in [0.717, 1.165) is 16.2 Å². The first-order valence-electron chi connectivity index (χ1n) is 8.73. The zero-order valence-corrected chi connectivity index (χ0v) is 18.0. The predicted molar refractivity (Wildman–Crippen MR) is 113 cm³/mol. The standard InChI is InChI=1S/C19H23N3O5S2/c1-19(2,3)27-15(23)11-26-22-16(14-12-29-18(20)21-14)17(24)25-9-10-28-13-7-5-4-6-8-13/h4-8,12H,9-11H2,1-3H3,(H2,20,21). The van der Waals surface area contributed by atoms with Crippen LogP contribution in [0.4, 0.5) is 5.13 Å². The van der Waals surface area contributed by atoms with Crippen molar-refractivity contribution in [2.75, 3.05) is 24.7 Å². The summed E-state index contributed by atoms with van der Waals surface area (Å²) < 4.78 is 10.4. The summed E-state index contributed by atoms with van der Waals surface area (Å²) in [5.41, 5.74) is 5.04. The molecule has 2 N–H and O–H groups in total. The minimum Gasteiger partial charge on any atom is -0.460 e. The van der Waals surface area contributed by atoms with Crippen LogP contribution in [0.2, 0.25) is 0 Å². The van der Waals surface area contributed by atoms with Gasteiger partial charge < -0.3 is 20.0 Å². The van der Waals surface area contributed by atoms with Crippen LogP contribution < -0.4 is 5.73 Å². The third-order valence-corrected chi connectivity index (χ3v) is 4.69. The van der Waals surface area contributed by atoms with E-state index in [4.69, 9.17) is 20.0 Å². The highest BCUT2D eigenvalue weighted by Crippen LogP contribution is 2.17. The lowest BCUT2D eigenvalue weighted by atomic mass is 10.2. The van der Waals surface area contributed by atoms with Gasteiger partial charge in [0.05, 0.1) is 0 Å². The van der Waals surface area contributed by atoms with Crippen LogP contribution in [0.25, 0.3) is 0 Å². The molecule has 0 fully saturated rings. The van der Waals surface area contributed by atoms with Crippen LogP contribution >= 0.6 is 23.1 Å². The fraction of sp³-hybridized carbons (Fsp3) is 0.368. The van der Waals surface area contributed by atoms with Crippen molar-refractivity contribution in [1.82, 2.24) is 4.98 Å². The second-order valence-corrected chi connectivity index (χ2v) is 8.73. The molecule has 0 aliphatic carbocycles. The van der Waals surface area contributed by atoms with Crippen molar-refractivity contribution < 1.29 is 23.9 Å². The summed E-state index contributed by atoms with van der Waals surface area (Å²) in [4.78, 5) is 34.3. The maximum absolute atomic E-state index is 12.4. The zero-order chi connectivity index (χ0) is 21.3. The molecule has 0 amide bonds. The fourth-order valence-corrected chi connectivity index (χ4v) is 3.28. The van der Waals surface area contributed by atoms with E-state index in [1.165, 1.54) is 0 Å². The number of esters is 2. The molecular weight excluding hydrogens is 414 g/mol. The number of ether oxygens (including phenoxy) is 2. The molecule has 0 aliphatic heterocycles. The number of aromatic nitrogens is 1. The number of hydrogen-bond acceptors (Lipinski definition) is 10. The highest BCUT2D eigenvalue weighted by Gasteiger charge is 2.21. The summed E-state index contributed by atoms with van der Waals surface area (Å²) in [5.74, 6) is -0.750. The van der Waals surface area contributed by atoms with Gasteiger partial charge >= 0.3 is 11.9 Å². The fourth-order valence-electron chi connectivity index (χ4n) is 1.98. The maximum atomic E-state index is 12.4. The SMILES string of the molecule is CC(C)(C)OC(=O)CON=C(C(=O)OCCSc1ccccc1)c1csc(N)n1. The Bertz CT molecular complexity index is 847. The molecule has 0 saturated heterocycles. The van der Waals surface area contributed by atoms with Crippen molar-refractivity contribution in [2.45, 2.75) is 31.3 Å². The lowest BCUT2D eigenvalue weighted by Gasteiger charge is -2.18. The first-order valence-corrected chi connectivity index (χ1v) is 10.6. The smallest absolute Gasteiger partial charge is 0.362 e. The van der Waals surface area contributed by atoms with Gasteiger partial charge in [0.2, 0.25) is 12.3 Å². The quantitative estimate of drug-likeness (QED) is 0.209. The van der Waals surface area contributed by atoms with Gasteiger partial charge in [-0.2, -0.15) is 0 Å². The summed E-state index contributed by atoms with van der Waals surface area (Å²) in [7, 11) is 0. The van der Waals surface area contributed by atoms with Gasteiger partial charge in [0.1, 0.15) is 17.9 Å². The molecule has 0 atom stereocenters. The Labute approximate surface area is 177 Å². The van der Waals surface area contributed by atoms with Crippen molar-refractivity contribution in [2.24, 2.45) is 5.16 Å². The Morgan fingerprint density at radius 1 is 1.24 bits per heavy atom. The minimum absolute atomic E-state index is 0.161. The lowest BCUT2D eigenvalue weighted by molar-refractivity contribution is -0.160. The molecule has 8 nitrogen and oxygen atoms in total. The third kappa shape index (κ3) is 8.53. The Hall–Kier alpha value is -2.59. The number of carbonyl (C=O) groups is 2. The molecule has 1 aromatic carbocycles. The van der Waals surface area contributed by atoms with Crippen LogP contribution in [0.15, 0.2) is 45.8 Å². The molecule has 2 aromatic rings. The normalized spacial score (nSPS) is 11.8. The van der Waals surface area contributed by atoms with Gasteiger partial charge in [0, 0.05) is 16.0 Å². The molecule has 1 heterocycles. The average Bonchev–Trinajstić information content (AvgIpc) is 3.07. The van der Waals surface area contributed by atoms with E-state index < -0.39 is 24.1 Å². The number of oxime groups is 1. The second kappa shape index (κ2) is 10.8. The van der Waals surface area contributed by atoms with Crippen LogP contribution in [-0.4, -0.2) is 47.2 Å². The van der Waals surface area contributed by atoms with E-state index in [0.29, 0.717) is 5.75 Å². The van der Waals surface area contributed by atoms with Crippen LogP contribution in [0.1, 0.15) is 26.5 Å². The van der Waals surface area contributed by atoms with Crippen LogP contribution in [0, 0.1) is 0 Å². The van der Waals surface area contributed by atoms with Gasteiger partial charge in [-0.3, -0.25) is 0 Å². The van der Waals surface area contributed by atoms with E-state index in [1.54, 1.807) is 37.9 Å². The minimum atomic E-state index is -0.715. The Kier molecular flexibility index (Phi) is 8.47. The van der Waals surface area contributed by atoms with Crippen LogP contribution in [-0.2, 0) is 23.9 Å². The molecule has 0 bridgehead atoms. The van der Waals surface area contributed by atoms with Crippen molar-refractivity contribution in [1.29, 1.82) is 0 Å². The third-order valence-electron chi connectivity index (χ3n) is 3.04. The number of thiazole rings is 1. The largest absolute Gasteiger partial charge is 0.460 e. The number of thioether (sulfide) groups is 1. The number of rotatable bonds is 9. The van der Waals surface area contributed by atoms with Crippen molar-refractivity contribution in [3.8, 4) is 0 Å². The number of carbonyl (C=O) groups excluding carboxylic acids is 2. The Morgan fingerprint density at radius 3 is 2.59 bits per heavy atom. The van der Waals surface area contributed by atoms with Crippen LogP contribution in [0.3, 0.4) is 0 Å². The molecular formula is C19H23N3O5S2. The molecule has 2 rings (SSSR count). The van der Waals surface area contributed by atoms with Gasteiger partial charge in [0.25, 0.3) is 0 Å². The number of nitrogens with two attached hydrogens (primary N) is 1. The van der Waals surface area contributed by atoms with Gasteiger partial charge in [-0.05, 0) is 32.9 Å². The van der Waals surface area contributed by atoms with E-state index in [9.17, 15) is 9.59 Å². The first-order chi connectivity index (χ1) is 13.7. The van der Waals surface area contributed by atoms with Crippen molar-refractivity contribution in [3.05, 3.63) is 41.4 Å². The van der Waals surface area contributed by atoms with Crippen molar-refractivity contribution >= 4 is 45.9 Å². The summed E-state index contributed by atoms with van der Waals surface area (Å²) >= 11 is 2.71. The number of benzene rings is 1. The number of hydrogen-bond donors (Lipinski definition) is 1. The van der Waals surface area contributed by atoms with E-state index >= 15 is 0 Å². The maximum Gasteiger partial charge on any atom is 0.362 e. The Morgan fingerprint density at radius 2 is 1.97 bits per heavy atom. The number of nitrogen functional groups attached to an aromatic ring is 1. The molecule has 0 spiro atoms.